The summed E-state index contributed by atoms with van der Waals surface area (Å²) in [6.45, 7) is -0.0756. The highest BCUT2D eigenvalue weighted by Crippen LogP contribution is 2.45. The SMILES string of the molecule is CNC(=O)COc1cccc(Nc2nc(N[C@@H]3[C@H](C(N)=O)[C@H]4C=C[C@@H]3C4)c3[nH]c[nH+]c3n2)c1. The fraction of sp³-hybridized carbons (Fsp3) is 0.318. The largest absolute Gasteiger partial charge is 0.484 e. The number of fused-ring (bicyclic) bond motifs is 3. The maximum absolute atomic E-state index is 12.1. The lowest BCUT2D eigenvalue weighted by atomic mass is 9.88. The Morgan fingerprint density at radius 1 is 1.27 bits per heavy atom. The summed E-state index contributed by atoms with van der Waals surface area (Å²) in [6, 6.07) is 7.04. The minimum atomic E-state index is -0.306. The molecule has 0 aliphatic heterocycles. The third-order valence-corrected chi connectivity index (χ3v) is 6.16. The van der Waals surface area contributed by atoms with Crippen LogP contribution < -0.4 is 31.4 Å². The van der Waals surface area contributed by atoms with Gasteiger partial charge in [-0.3, -0.25) is 14.6 Å². The number of rotatable bonds is 8. The van der Waals surface area contributed by atoms with Gasteiger partial charge in [0.05, 0.1) is 5.92 Å². The number of nitrogens with zero attached hydrogens (tertiary/aromatic N) is 2. The molecule has 2 bridgehead atoms. The molecule has 2 aliphatic rings. The first-order chi connectivity index (χ1) is 16.0. The standard InChI is InChI=1S/C22H24N8O3/c1-24-15(31)9-33-14-4-2-3-13(8-14)27-22-29-20-18(25-10-26-20)21(30-22)28-17-12-6-5-11(7-12)16(17)19(23)32/h2-6,8,10-12,16-17H,7,9H2,1H3,(H2,23,32)(H,24,31)(H3,25,26,27,28,29,30)/p+1/t11-,12+,16+,17-/m0/s1. The van der Waals surface area contributed by atoms with Crippen molar-refractivity contribution < 1.29 is 19.3 Å². The van der Waals surface area contributed by atoms with Crippen LogP contribution in [0.15, 0.2) is 42.7 Å². The molecule has 11 heteroatoms. The van der Waals surface area contributed by atoms with Crippen molar-refractivity contribution in [3.05, 3.63) is 42.7 Å². The number of ether oxygens (including phenoxy) is 1. The summed E-state index contributed by atoms with van der Waals surface area (Å²) in [7, 11) is 1.55. The zero-order valence-electron chi connectivity index (χ0n) is 18.0. The normalized spacial score (nSPS) is 22.9. The van der Waals surface area contributed by atoms with Gasteiger partial charge >= 0.3 is 11.6 Å². The summed E-state index contributed by atoms with van der Waals surface area (Å²) in [4.78, 5) is 38.9. The van der Waals surface area contributed by atoms with Crippen LogP contribution in [0.5, 0.6) is 5.75 Å². The maximum Gasteiger partial charge on any atom is 0.307 e. The van der Waals surface area contributed by atoms with Gasteiger partial charge in [-0.25, -0.2) is 4.98 Å². The summed E-state index contributed by atoms with van der Waals surface area (Å²) in [5.74, 6) is 1.05. The number of amides is 2. The van der Waals surface area contributed by atoms with Crippen LogP contribution in [0.3, 0.4) is 0 Å². The van der Waals surface area contributed by atoms with Crippen LogP contribution in [0.1, 0.15) is 6.42 Å². The highest BCUT2D eigenvalue weighted by molar-refractivity contribution is 5.84. The Hall–Kier alpha value is -4.15. The average molecular weight is 449 g/mol. The summed E-state index contributed by atoms with van der Waals surface area (Å²) in [5, 5.41) is 9.14. The minimum absolute atomic E-state index is 0.0756. The second-order valence-electron chi connectivity index (χ2n) is 8.21. The van der Waals surface area contributed by atoms with Crippen molar-refractivity contribution in [3.8, 4) is 5.75 Å². The van der Waals surface area contributed by atoms with Crippen molar-refractivity contribution in [1.82, 2.24) is 20.3 Å². The van der Waals surface area contributed by atoms with Crippen molar-refractivity contribution in [2.75, 3.05) is 24.3 Å². The number of likely N-dealkylation sites (N-methyl/N-ethyl adjacent to an activating group) is 1. The molecule has 170 valence electrons. The molecule has 33 heavy (non-hydrogen) atoms. The van der Waals surface area contributed by atoms with E-state index in [-0.39, 0.29) is 42.2 Å². The number of hydrogen-bond acceptors (Lipinski definition) is 7. The van der Waals surface area contributed by atoms with Crippen LogP contribution in [0.2, 0.25) is 0 Å². The van der Waals surface area contributed by atoms with E-state index >= 15 is 0 Å². The molecular weight excluding hydrogens is 424 g/mol. The Morgan fingerprint density at radius 2 is 2.12 bits per heavy atom. The fourth-order valence-corrected chi connectivity index (χ4v) is 4.62. The molecule has 7 N–H and O–H groups in total. The van der Waals surface area contributed by atoms with Gasteiger partial charge in [0, 0.05) is 24.8 Å². The molecule has 4 atom stereocenters. The van der Waals surface area contributed by atoms with Crippen molar-refractivity contribution in [2.24, 2.45) is 23.5 Å². The van der Waals surface area contributed by atoms with E-state index in [0.29, 0.717) is 34.4 Å². The van der Waals surface area contributed by atoms with Crippen LogP contribution in [0.4, 0.5) is 17.5 Å². The first-order valence-corrected chi connectivity index (χ1v) is 10.7. The second-order valence-corrected chi connectivity index (χ2v) is 8.21. The Labute approximate surface area is 189 Å². The van der Waals surface area contributed by atoms with Crippen LogP contribution >= 0.6 is 0 Å². The third-order valence-electron chi connectivity index (χ3n) is 6.16. The molecule has 2 amide bonds. The number of carbonyl (C=O) groups excluding carboxylic acids is 2. The highest BCUT2D eigenvalue weighted by Gasteiger charge is 2.47. The van der Waals surface area contributed by atoms with Gasteiger partial charge in [0.15, 0.2) is 18.8 Å². The van der Waals surface area contributed by atoms with Gasteiger partial charge in [0.2, 0.25) is 11.4 Å². The number of hydrogen-bond donors (Lipinski definition) is 5. The molecular formula is C22H25N8O3+. The third kappa shape index (κ3) is 4.04. The Balaban J connectivity index is 1.39. The predicted octanol–water partition coefficient (Wildman–Crippen LogP) is 0.728. The molecule has 2 aromatic heterocycles. The van der Waals surface area contributed by atoms with E-state index in [4.69, 9.17) is 10.5 Å². The lowest BCUT2D eigenvalue weighted by Gasteiger charge is -2.26. The van der Waals surface area contributed by atoms with Crippen LogP contribution in [-0.4, -0.2) is 46.5 Å². The summed E-state index contributed by atoms with van der Waals surface area (Å²) >= 11 is 0. The number of primary amides is 1. The number of carbonyl (C=O) groups is 2. The van der Waals surface area contributed by atoms with Crippen molar-refractivity contribution in [2.45, 2.75) is 12.5 Å². The van der Waals surface area contributed by atoms with E-state index in [9.17, 15) is 9.59 Å². The molecule has 2 aliphatic carbocycles. The fourth-order valence-electron chi connectivity index (χ4n) is 4.62. The molecule has 1 saturated carbocycles. The monoisotopic (exact) mass is 449 g/mol. The zero-order valence-corrected chi connectivity index (χ0v) is 18.0. The molecule has 2 heterocycles. The molecule has 0 saturated heterocycles. The van der Waals surface area contributed by atoms with Crippen molar-refractivity contribution in [1.29, 1.82) is 0 Å². The van der Waals surface area contributed by atoms with Gasteiger partial charge in [-0.05, 0) is 30.4 Å². The van der Waals surface area contributed by atoms with Crippen LogP contribution in [0, 0.1) is 17.8 Å². The van der Waals surface area contributed by atoms with E-state index in [1.54, 1.807) is 31.6 Å². The van der Waals surface area contributed by atoms with E-state index in [1.807, 2.05) is 6.07 Å². The molecule has 3 aromatic rings. The quantitative estimate of drug-likeness (QED) is 0.317. The average Bonchev–Trinajstić information content (AvgIpc) is 3.54. The second kappa shape index (κ2) is 8.41. The van der Waals surface area contributed by atoms with Gasteiger partial charge in [-0.15, -0.1) is 0 Å². The predicted molar refractivity (Wildman–Crippen MR) is 121 cm³/mol. The molecule has 1 fully saturated rings. The number of nitrogens with one attached hydrogen (secondary N) is 5. The number of H-pyrrole nitrogens is 2. The smallest absolute Gasteiger partial charge is 0.307 e. The molecule has 1 aromatic carbocycles. The number of anilines is 3. The number of aromatic amines is 2. The summed E-state index contributed by atoms with van der Waals surface area (Å²) in [6.07, 6.45) is 6.81. The molecule has 5 rings (SSSR count). The Morgan fingerprint density at radius 3 is 2.94 bits per heavy atom. The van der Waals surface area contributed by atoms with E-state index in [1.165, 1.54) is 0 Å². The van der Waals surface area contributed by atoms with Gasteiger partial charge in [-0.2, -0.15) is 4.98 Å². The van der Waals surface area contributed by atoms with Gasteiger partial charge < -0.3 is 26.4 Å². The Bertz CT molecular complexity index is 1240. The van der Waals surface area contributed by atoms with Crippen LogP contribution in [-0.2, 0) is 9.59 Å². The number of nitrogens with two attached hydrogens (primary N) is 1. The van der Waals surface area contributed by atoms with E-state index < -0.39 is 0 Å². The number of allylic oxidation sites excluding steroid dienone is 1. The lowest BCUT2D eigenvalue weighted by molar-refractivity contribution is -0.347. The van der Waals surface area contributed by atoms with Gasteiger partial charge in [0.1, 0.15) is 5.75 Å². The zero-order chi connectivity index (χ0) is 22.9. The summed E-state index contributed by atoms with van der Waals surface area (Å²) in [5.41, 5.74) is 7.72. The van der Waals surface area contributed by atoms with Crippen molar-refractivity contribution in [3.63, 3.8) is 0 Å². The molecule has 0 spiro atoms. The van der Waals surface area contributed by atoms with Crippen molar-refractivity contribution >= 4 is 40.4 Å². The molecule has 0 radical (unpaired) electrons. The first-order valence-electron chi connectivity index (χ1n) is 10.7. The highest BCUT2D eigenvalue weighted by atomic mass is 16.5. The van der Waals surface area contributed by atoms with Crippen LogP contribution in [0.25, 0.3) is 11.2 Å². The minimum Gasteiger partial charge on any atom is -0.484 e. The molecule has 0 unspecified atom stereocenters. The topological polar surface area (TPSA) is 161 Å². The van der Waals surface area contributed by atoms with E-state index in [2.05, 4.69) is 48.0 Å². The number of imidazole rings is 1. The number of benzene rings is 1. The summed E-state index contributed by atoms with van der Waals surface area (Å²) < 4.78 is 5.50. The van der Waals surface area contributed by atoms with Gasteiger partial charge in [-0.1, -0.05) is 23.2 Å². The Kier molecular flexibility index (Phi) is 5.29. The van der Waals surface area contributed by atoms with E-state index in [0.717, 1.165) is 6.42 Å². The maximum atomic E-state index is 12.1. The first kappa shape index (κ1) is 20.7. The number of aromatic nitrogens is 4. The van der Waals surface area contributed by atoms with Gasteiger partial charge in [0.25, 0.3) is 5.91 Å². The molecule has 11 nitrogen and oxygen atoms in total. The lowest BCUT2D eigenvalue weighted by Crippen LogP contribution is -2.41.